The molecule has 1 aromatic heterocycles. The first-order valence-corrected chi connectivity index (χ1v) is 5.12. The van der Waals surface area contributed by atoms with Crippen molar-refractivity contribution in [1.82, 2.24) is 9.88 Å². The van der Waals surface area contributed by atoms with Crippen molar-refractivity contribution in [3.63, 3.8) is 0 Å². The minimum atomic E-state index is -0.891. The average molecular weight is 238 g/mol. The summed E-state index contributed by atoms with van der Waals surface area (Å²) in [6.45, 7) is 0.326. The van der Waals surface area contributed by atoms with Gasteiger partial charge in [0.25, 0.3) is 5.91 Å². The summed E-state index contributed by atoms with van der Waals surface area (Å²) in [6, 6.07) is 1.42. The van der Waals surface area contributed by atoms with E-state index >= 15 is 0 Å². The monoisotopic (exact) mass is 238 g/mol. The molecular formula is C11H14N2O4. The number of hydrogen-bond donors (Lipinski definition) is 2. The summed E-state index contributed by atoms with van der Waals surface area (Å²) in [4.78, 5) is 27.2. The van der Waals surface area contributed by atoms with E-state index in [0.717, 1.165) is 0 Å². The average Bonchev–Trinajstić information content (AvgIpc) is 2.28. The van der Waals surface area contributed by atoms with Crippen molar-refractivity contribution in [3.05, 3.63) is 24.0 Å². The SMILES string of the molecule is CN(CCCC(=O)O)C(=O)c1ccncc1O. The molecule has 0 radical (unpaired) electrons. The third-order valence-corrected chi connectivity index (χ3v) is 2.26. The van der Waals surface area contributed by atoms with Gasteiger partial charge in [0.15, 0.2) is 0 Å². The van der Waals surface area contributed by atoms with Crippen molar-refractivity contribution in [2.45, 2.75) is 12.8 Å². The lowest BCUT2D eigenvalue weighted by Crippen LogP contribution is -2.28. The summed E-state index contributed by atoms with van der Waals surface area (Å²) in [5.41, 5.74) is 0.165. The number of carboxylic acids is 1. The van der Waals surface area contributed by atoms with Gasteiger partial charge >= 0.3 is 5.97 Å². The van der Waals surface area contributed by atoms with Crippen molar-refractivity contribution in [2.75, 3.05) is 13.6 Å². The van der Waals surface area contributed by atoms with E-state index in [2.05, 4.69) is 4.98 Å². The zero-order valence-corrected chi connectivity index (χ0v) is 9.46. The van der Waals surface area contributed by atoms with Gasteiger partial charge < -0.3 is 15.1 Å². The van der Waals surface area contributed by atoms with Crippen molar-refractivity contribution in [2.24, 2.45) is 0 Å². The summed E-state index contributed by atoms with van der Waals surface area (Å²) in [7, 11) is 1.56. The summed E-state index contributed by atoms with van der Waals surface area (Å²) < 4.78 is 0. The second-order valence-electron chi connectivity index (χ2n) is 3.62. The van der Waals surface area contributed by atoms with Crippen LogP contribution in [0.15, 0.2) is 18.5 Å². The second kappa shape index (κ2) is 5.83. The summed E-state index contributed by atoms with van der Waals surface area (Å²) in [5, 5.41) is 17.9. The number of nitrogens with zero attached hydrogens (tertiary/aromatic N) is 2. The summed E-state index contributed by atoms with van der Waals surface area (Å²) >= 11 is 0. The maximum atomic E-state index is 11.8. The molecule has 0 bridgehead atoms. The Bertz CT molecular complexity index is 420. The Morgan fingerprint density at radius 3 is 2.76 bits per heavy atom. The van der Waals surface area contributed by atoms with Gasteiger partial charge in [0.05, 0.1) is 11.8 Å². The molecule has 0 aliphatic rings. The number of carboxylic acid groups (broad SMARTS) is 1. The van der Waals surface area contributed by atoms with Gasteiger partial charge in [0.1, 0.15) is 5.75 Å². The van der Waals surface area contributed by atoms with Crippen LogP contribution in [0.5, 0.6) is 5.75 Å². The number of carbonyl (C=O) groups excluding carboxylic acids is 1. The molecular weight excluding hydrogens is 224 g/mol. The van der Waals surface area contributed by atoms with Gasteiger partial charge in [0, 0.05) is 26.2 Å². The fourth-order valence-corrected chi connectivity index (χ4v) is 1.34. The Morgan fingerprint density at radius 2 is 2.18 bits per heavy atom. The molecule has 92 valence electrons. The van der Waals surface area contributed by atoms with Crippen molar-refractivity contribution < 1.29 is 19.8 Å². The van der Waals surface area contributed by atoms with Gasteiger partial charge in [-0.15, -0.1) is 0 Å². The maximum absolute atomic E-state index is 11.8. The predicted octanol–water partition coefficient (Wildman–Crippen LogP) is 0.724. The van der Waals surface area contributed by atoms with Crippen LogP contribution in [0.1, 0.15) is 23.2 Å². The van der Waals surface area contributed by atoms with Gasteiger partial charge in [-0.05, 0) is 12.5 Å². The molecule has 0 atom stereocenters. The number of aromatic hydroxyl groups is 1. The van der Waals surface area contributed by atoms with E-state index in [4.69, 9.17) is 5.11 Å². The molecule has 6 nitrogen and oxygen atoms in total. The fourth-order valence-electron chi connectivity index (χ4n) is 1.34. The molecule has 0 saturated heterocycles. The van der Waals surface area contributed by atoms with E-state index in [1.807, 2.05) is 0 Å². The topological polar surface area (TPSA) is 90.7 Å². The first kappa shape index (κ1) is 13.0. The molecule has 1 rings (SSSR count). The van der Waals surface area contributed by atoms with Crippen molar-refractivity contribution >= 4 is 11.9 Å². The van der Waals surface area contributed by atoms with Gasteiger partial charge in [-0.25, -0.2) is 0 Å². The molecule has 0 fully saturated rings. The number of rotatable bonds is 5. The number of carbonyl (C=O) groups is 2. The molecule has 0 aliphatic heterocycles. The van der Waals surface area contributed by atoms with E-state index in [1.165, 1.54) is 23.4 Å². The summed E-state index contributed by atoms with van der Waals surface area (Å²) in [6.07, 6.45) is 3.00. The third-order valence-electron chi connectivity index (χ3n) is 2.26. The van der Waals surface area contributed by atoms with E-state index < -0.39 is 5.97 Å². The Balaban J connectivity index is 2.58. The molecule has 0 aliphatic carbocycles. The Morgan fingerprint density at radius 1 is 1.47 bits per heavy atom. The maximum Gasteiger partial charge on any atom is 0.303 e. The largest absolute Gasteiger partial charge is 0.505 e. The first-order chi connectivity index (χ1) is 8.02. The van der Waals surface area contributed by atoms with Crippen LogP contribution >= 0.6 is 0 Å². The smallest absolute Gasteiger partial charge is 0.303 e. The van der Waals surface area contributed by atoms with Crippen molar-refractivity contribution in [1.29, 1.82) is 0 Å². The van der Waals surface area contributed by atoms with Crippen LogP contribution in [0.3, 0.4) is 0 Å². The standard InChI is InChI=1S/C11H14N2O4/c1-13(6-2-3-10(15)16)11(17)8-4-5-12-7-9(8)14/h4-5,7,14H,2-3,6H2,1H3,(H,15,16). The van der Waals surface area contributed by atoms with Crippen LogP contribution in [-0.4, -0.2) is 45.6 Å². The van der Waals surface area contributed by atoms with Crippen LogP contribution in [-0.2, 0) is 4.79 Å². The highest BCUT2D eigenvalue weighted by Crippen LogP contribution is 2.15. The number of hydrogen-bond acceptors (Lipinski definition) is 4. The van der Waals surface area contributed by atoms with Gasteiger partial charge in [-0.2, -0.15) is 0 Å². The molecule has 0 spiro atoms. The van der Waals surface area contributed by atoms with E-state index in [0.29, 0.717) is 13.0 Å². The van der Waals surface area contributed by atoms with E-state index in [1.54, 1.807) is 7.05 Å². The minimum absolute atomic E-state index is 0.0138. The van der Waals surface area contributed by atoms with E-state index in [9.17, 15) is 14.7 Å². The number of aliphatic carboxylic acids is 1. The highest BCUT2D eigenvalue weighted by molar-refractivity contribution is 5.96. The van der Waals surface area contributed by atoms with Crippen LogP contribution in [0, 0.1) is 0 Å². The molecule has 17 heavy (non-hydrogen) atoms. The lowest BCUT2D eigenvalue weighted by Gasteiger charge is -2.16. The number of amides is 1. The minimum Gasteiger partial charge on any atom is -0.505 e. The zero-order chi connectivity index (χ0) is 12.8. The Labute approximate surface area is 98.5 Å². The summed E-state index contributed by atoms with van der Waals surface area (Å²) in [5.74, 6) is -1.42. The van der Waals surface area contributed by atoms with Crippen LogP contribution in [0.2, 0.25) is 0 Å². The zero-order valence-electron chi connectivity index (χ0n) is 9.46. The van der Waals surface area contributed by atoms with Gasteiger partial charge in [-0.1, -0.05) is 0 Å². The normalized spacial score (nSPS) is 9.94. The molecule has 2 N–H and O–H groups in total. The highest BCUT2D eigenvalue weighted by Gasteiger charge is 2.15. The fraction of sp³-hybridized carbons (Fsp3) is 0.364. The predicted molar refractivity (Wildman–Crippen MR) is 59.7 cm³/mol. The molecule has 1 heterocycles. The van der Waals surface area contributed by atoms with Crippen LogP contribution in [0.4, 0.5) is 0 Å². The second-order valence-corrected chi connectivity index (χ2v) is 3.62. The first-order valence-electron chi connectivity index (χ1n) is 5.12. The number of pyridine rings is 1. The van der Waals surface area contributed by atoms with Crippen LogP contribution < -0.4 is 0 Å². The van der Waals surface area contributed by atoms with Gasteiger partial charge in [-0.3, -0.25) is 14.6 Å². The van der Waals surface area contributed by atoms with Crippen LogP contribution in [0.25, 0.3) is 0 Å². The molecule has 0 saturated carbocycles. The molecule has 0 unspecified atom stereocenters. The molecule has 0 aromatic carbocycles. The van der Waals surface area contributed by atoms with E-state index in [-0.39, 0.29) is 23.6 Å². The molecule has 1 amide bonds. The van der Waals surface area contributed by atoms with Gasteiger partial charge in [0.2, 0.25) is 0 Å². The van der Waals surface area contributed by atoms with Crippen molar-refractivity contribution in [3.8, 4) is 5.75 Å². The quantitative estimate of drug-likeness (QED) is 0.788. The molecule has 6 heteroatoms. The lowest BCUT2D eigenvalue weighted by atomic mass is 10.2. The highest BCUT2D eigenvalue weighted by atomic mass is 16.4. The Hall–Kier alpha value is -2.11. The lowest BCUT2D eigenvalue weighted by molar-refractivity contribution is -0.137. The Kier molecular flexibility index (Phi) is 4.45. The third kappa shape index (κ3) is 3.75. The number of aromatic nitrogens is 1. The molecule has 1 aromatic rings.